The number of hydrogen-bond acceptors (Lipinski definition) is 2. The zero-order valence-corrected chi connectivity index (χ0v) is 6.92. The first-order valence-electron chi connectivity index (χ1n) is 3.40. The van der Waals surface area contributed by atoms with Gasteiger partial charge in [0.25, 0.3) is 0 Å². The summed E-state index contributed by atoms with van der Waals surface area (Å²) in [4.78, 5) is 11.5. The molecule has 0 aliphatic rings. The minimum absolute atomic E-state index is 0.0324. The van der Waals surface area contributed by atoms with Gasteiger partial charge in [0.05, 0.1) is 0 Å². The van der Waals surface area contributed by atoms with Crippen LogP contribution in [0.2, 0.25) is 0 Å². The van der Waals surface area contributed by atoms with Crippen LogP contribution in [0.5, 0.6) is 0 Å². The van der Waals surface area contributed by atoms with Gasteiger partial charge in [-0.2, -0.15) is 0 Å². The standard InChI is InChI=1S/C7H15NO2/c1-5(2)6(3)8(4)7(9)10/h5-6H,1-4H3,(H,9,10)/p-1. The summed E-state index contributed by atoms with van der Waals surface area (Å²) >= 11 is 0. The molecule has 0 aliphatic heterocycles. The number of nitrogens with zero attached hydrogens (tertiary/aromatic N) is 1. The number of carboxylic acid groups (broad SMARTS) is 1. The summed E-state index contributed by atoms with van der Waals surface area (Å²) in [5.41, 5.74) is 0. The Morgan fingerprint density at radius 3 is 1.90 bits per heavy atom. The zero-order valence-electron chi connectivity index (χ0n) is 6.92. The molecule has 3 heteroatoms. The van der Waals surface area contributed by atoms with Crippen molar-refractivity contribution in [3.05, 3.63) is 0 Å². The van der Waals surface area contributed by atoms with Crippen molar-refractivity contribution in [2.75, 3.05) is 7.05 Å². The van der Waals surface area contributed by atoms with E-state index >= 15 is 0 Å². The zero-order chi connectivity index (χ0) is 8.31. The molecule has 0 saturated carbocycles. The van der Waals surface area contributed by atoms with Crippen LogP contribution in [0.15, 0.2) is 0 Å². The molecular formula is C7H14NO2-. The highest BCUT2D eigenvalue weighted by atomic mass is 16.4. The Balaban J connectivity index is 3.94. The summed E-state index contributed by atoms with van der Waals surface area (Å²) in [5, 5.41) is 10.3. The molecule has 1 unspecified atom stereocenters. The fourth-order valence-corrected chi connectivity index (χ4v) is 0.613. The van der Waals surface area contributed by atoms with E-state index in [1.54, 1.807) is 0 Å². The van der Waals surface area contributed by atoms with Gasteiger partial charge >= 0.3 is 0 Å². The fraction of sp³-hybridized carbons (Fsp3) is 0.857. The molecule has 3 nitrogen and oxygen atoms in total. The van der Waals surface area contributed by atoms with Crippen LogP contribution in [0.25, 0.3) is 0 Å². The normalized spacial score (nSPS) is 13.3. The first kappa shape index (κ1) is 9.27. The maximum absolute atomic E-state index is 10.3. The highest BCUT2D eigenvalue weighted by Crippen LogP contribution is 2.06. The van der Waals surface area contributed by atoms with E-state index in [1.807, 2.05) is 20.8 Å². The molecule has 0 rings (SSSR count). The predicted octanol–water partition coefficient (Wildman–Crippen LogP) is 0.306. The Morgan fingerprint density at radius 1 is 1.40 bits per heavy atom. The third-order valence-corrected chi connectivity index (χ3v) is 1.86. The Labute approximate surface area is 61.6 Å². The largest absolute Gasteiger partial charge is 0.530 e. The number of carbonyl (C=O) groups excluding carboxylic acids is 1. The van der Waals surface area contributed by atoms with Gasteiger partial charge in [0.2, 0.25) is 0 Å². The maximum atomic E-state index is 10.3. The van der Waals surface area contributed by atoms with Gasteiger partial charge in [0.1, 0.15) is 6.09 Å². The Kier molecular flexibility index (Phi) is 3.19. The molecule has 0 N–H and O–H groups in total. The average Bonchev–Trinajstić information content (AvgIpc) is 1.84. The van der Waals surface area contributed by atoms with E-state index in [0.29, 0.717) is 5.92 Å². The van der Waals surface area contributed by atoms with E-state index < -0.39 is 6.09 Å². The third kappa shape index (κ3) is 2.25. The van der Waals surface area contributed by atoms with Crippen molar-refractivity contribution in [2.24, 2.45) is 5.92 Å². The highest BCUT2D eigenvalue weighted by molar-refractivity contribution is 5.62. The number of rotatable bonds is 2. The van der Waals surface area contributed by atoms with Gasteiger partial charge in [0.15, 0.2) is 0 Å². The van der Waals surface area contributed by atoms with Crippen molar-refractivity contribution in [1.82, 2.24) is 4.90 Å². The first-order chi connectivity index (χ1) is 4.46. The lowest BCUT2D eigenvalue weighted by Crippen LogP contribution is -2.45. The number of carbonyl (C=O) groups is 1. The fourth-order valence-electron chi connectivity index (χ4n) is 0.613. The Morgan fingerprint density at radius 2 is 1.80 bits per heavy atom. The second-order valence-electron chi connectivity index (χ2n) is 2.86. The summed E-state index contributed by atoms with van der Waals surface area (Å²) < 4.78 is 0. The molecule has 0 saturated heterocycles. The van der Waals surface area contributed by atoms with Crippen molar-refractivity contribution in [3.63, 3.8) is 0 Å². The van der Waals surface area contributed by atoms with Crippen molar-refractivity contribution < 1.29 is 9.90 Å². The van der Waals surface area contributed by atoms with E-state index in [0.717, 1.165) is 0 Å². The van der Waals surface area contributed by atoms with Crippen LogP contribution in [0.3, 0.4) is 0 Å². The molecule has 0 aromatic heterocycles. The van der Waals surface area contributed by atoms with E-state index in [1.165, 1.54) is 11.9 Å². The molecule has 10 heavy (non-hydrogen) atoms. The van der Waals surface area contributed by atoms with E-state index in [-0.39, 0.29) is 6.04 Å². The van der Waals surface area contributed by atoms with Gasteiger partial charge in [-0.3, -0.25) is 0 Å². The van der Waals surface area contributed by atoms with Gasteiger partial charge in [0, 0.05) is 13.1 Å². The molecule has 1 atom stereocenters. The summed E-state index contributed by atoms with van der Waals surface area (Å²) in [5.74, 6) is 0.336. The minimum Gasteiger partial charge on any atom is -0.530 e. The molecule has 0 heterocycles. The molecule has 0 aromatic carbocycles. The van der Waals surface area contributed by atoms with Gasteiger partial charge in [-0.15, -0.1) is 0 Å². The van der Waals surface area contributed by atoms with E-state index in [9.17, 15) is 9.90 Å². The number of hydrogen-bond donors (Lipinski definition) is 0. The molecule has 0 fully saturated rings. The van der Waals surface area contributed by atoms with E-state index in [4.69, 9.17) is 0 Å². The molecule has 0 spiro atoms. The van der Waals surface area contributed by atoms with Crippen molar-refractivity contribution >= 4 is 6.09 Å². The summed E-state index contributed by atoms with van der Waals surface area (Å²) in [6, 6.07) is 0.0324. The monoisotopic (exact) mass is 144 g/mol. The van der Waals surface area contributed by atoms with Crippen molar-refractivity contribution in [3.8, 4) is 0 Å². The maximum Gasteiger partial charge on any atom is 0.136 e. The molecular weight excluding hydrogens is 130 g/mol. The lowest BCUT2D eigenvalue weighted by molar-refractivity contribution is -0.266. The average molecular weight is 144 g/mol. The van der Waals surface area contributed by atoms with Crippen LogP contribution in [0.1, 0.15) is 20.8 Å². The summed E-state index contributed by atoms with van der Waals surface area (Å²) in [7, 11) is 1.53. The first-order valence-corrected chi connectivity index (χ1v) is 3.40. The minimum atomic E-state index is -1.11. The van der Waals surface area contributed by atoms with Gasteiger partial charge in [-0.25, -0.2) is 0 Å². The Hall–Kier alpha value is -0.730. The SMILES string of the molecule is CC(C)C(C)N(C)C(=O)[O-]. The second kappa shape index (κ2) is 3.44. The predicted molar refractivity (Wildman–Crippen MR) is 37.5 cm³/mol. The topological polar surface area (TPSA) is 43.4 Å². The molecule has 0 aromatic rings. The molecule has 0 bridgehead atoms. The summed E-state index contributed by atoms with van der Waals surface area (Å²) in [6.07, 6.45) is -1.11. The van der Waals surface area contributed by atoms with Crippen molar-refractivity contribution in [2.45, 2.75) is 26.8 Å². The van der Waals surface area contributed by atoms with Crippen LogP contribution in [-0.2, 0) is 0 Å². The second-order valence-corrected chi connectivity index (χ2v) is 2.86. The van der Waals surface area contributed by atoms with E-state index in [2.05, 4.69) is 0 Å². The van der Waals surface area contributed by atoms with Crippen LogP contribution in [0.4, 0.5) is 4.79 Å². The summed E-state index contributed by atoms with van der Waals surface area (Å²) in [6.45, 7) is 5.81. The van der Waals surface area contributed by atoms with Crippen LogP contribution in [-0.4, -0.2) is 24.1 Å². The smallest absolute Gasteiger partial charge is 0.136 e. The molecule has 0 radical (unpaired) electrons. The van der Waals surface area contributed by atoms with Crippen LogP contribution < -0.4 is 5.11 Å². The lowest BCUT2D eigenvalue weighted by Gasteiger charge is -2.29. The highest BCUT2D eigenvalue weighted by Gasteiger charge is 2.11. The molecule has 60 valence electrons. The quantitative estimate of drug-likeness (QED) is 0.559. The van der Waals surface area contributed by atoms with Crippen molar-refractivity contribution in [1.29, 1.82) is 0 Å². The van der Waals surface area contributed by atoms with Crippen LogP contribution >= 0.6 is 0 Å². The van der Waals surface area contributed by atoms with Gasteiger partial charge in [-0.1, -0.05) is 13.8 Å². The molecule has 0 aliphatic carbocycles. The van der Waals surface area contributed by atoms with Crippen LogP contribution in [0, 0.1) is 5.92 Å². The number of amides is 1. The molecule has 1 amide bonds. The third-order valence-electron chi connectivity index (χ3n) is 1.86. The van der Waals surface area contributed by atoms with Gasteiger partial charge < -0.3 is 14.8 Å². The van der Waals surface area contributed by atoms with Gasteiger partial charge in [-0.05, 0) is 12.8 Å². The lowest BCUT2D eigenvalue weighted by atomic mass is 10.1. The Bertz CT molecular complexity index is 123.